The quantitative estimate of drug-likeness (QED) is 0.748. The summed E-state index contributed by atoms with van der Waals surface area (Å²) in [4.78, 5) is 16.9. The highest BCUT2D eigenvalue weighted by Crippen LogP contribution is 2.30. The van der Waals surface area contributed by atoms with Gasteiger partial charge in [-0.3, -0.25) is 9.89 Å². The van der Waals surface area contributed by atoms with E-state index in [-0.39, 0.29) is 24.7 Å². The van der Waals surface area contributed by atoms with Crippen molar-refractivity contribution in [1.82, 2.24) is 30.3 Å². The van der Waals surface area contributed by atoms with Gasteiger partial charge in [0.25, 0.3) is 5.91 Å². The molecule has 0 unspecified atom stereocenters. The summed E-state index contributed by atoms with van der Waals surface area (Å²) >= 11 is 0. The lowest BCUT2D eigenvalue weighted by Crippen LogP contribution is -2.28. The van der Waals surface area contributed by atoms with Crippen LogP contribution in [0.2, 0.25) is 0 Å². The summed E-state index contributed by atoms with van der Waals surface area (Å²) in [6.45, 7) is 4.21. The van der Waals surface area contributed by atoms with Gasteiger partial charge in [0, 0.05) is 12.0 Å². The molecule has 8 nitrogen and oxygen atoms in total. The van der Waals surface area contributed by atoms with Gasteiger partial charge in [0.05, 0.1) is 30.1 Å². The van der Waals surface area contributed by atoms with Crippen molar-refractivity contribution in [2.24, 2.45) is 0 Å². The Hall–Kier alpha value is -3.00. The minimum atomic E-state index is -0.230. The lowest BCUT2D eigenvalue weighted by Gasteiger charge is -2.25. The van der Waals surface area contributed by atoms with E-state index in [9.17, 15) is 4.79 Å². The van der Waals surface area contributed by atoms with Crippen LogP contribution in [-0.2, 0) is 17.7 Å². The molecular formula is C18H20N6O2. The molecule has 1 aliphatic rings. The number of benzene rings is 1. The van der Waals surface area contributed by atoms with E-state index < -0.39 is 0 Å². The third-order valence-corrected chi connectivity index (χ3v) is 4.47. The first-order valence-electron chi connectivity index (χ1n) is 8.58. The normalized spacial score (nSPS) is 19.2. The van der Waals surface area contributed by atoms with Crippen LogP contribution in [0.4, 0.5) is 0 Å². The Morgan fingerprint density at radius 3 is 2.96 bits per heavy atom. The molecule has 0 saturated heterocycles. The molecule has 134 valence electrons. The molecule has 1 amide bonds. The van der Waals surface area contributed by atoms with Crippen molar-refractivity contribution >= 4 is 5.91 Å². The topological polar surface area (TPSA) is 97.7 Å². The molecule has 3 heterocycles. The summed E-state index contributed by atoms with van der Waals surface area (Å²) in [6.07, 6.45) is 2.11. The number of amides is 1. The van der Waals surface area contributed by atoms with Crippen LogP contribution in [0.3, 0.4) is 0 Å². The summed E-state index contributed by atoms with van der Waals surface area (Å²) in [5.74, 6) is 0.422. The maximum atomic E-state index is 12.6. The molecule has 0 radical (unpaired) electrons. The Bertz CT molecular complexity index is 917. The SMILES string of the molecule is C[C@@H]1Cc2c(C(=O)NCc3ncnn3-c3ccccc3)n[nH]c2[C@H](C)O1. The predicted octanol–water partition coefficient (Wildman–Crippen LogP) is 1.94. The fraction of sp³-hybridized carbons (Fsp3) is 0.333. The highest BCUT2D eigenvalue weighted by Gasteiger charge is 2.29. The number of para-hydroxylation sites is 1. The average molecular weight is 352 g/mol. The highest BCUT2D eigenvalue weighted by molar-refractivity contribution is 5.94. The molecule has 1 aliphatic heterocycles. The lowest BCUT2D eigenvalue weighted by atomic mass is 9.99. The van der Waals surface area contributed by atoms with E-state index in [2.05, 4.69) is 25.6 Å². The van der Waals surface area contributed by atoms with E-state index in [1.807, 2.05) is 44.2 Å². The van der Waals surface area contributed by atoms with Gasteiger partial charge in [-0.2, -0.15) is 10.2 Å². The first-order chi connectivity index (χ1) is 12.6. The molecular weight excluding hydrogens is 332 g/mol. The van der Waals surface area contributed by atoms with Crippen molar-refractivity contribution in [2.45, 2.75) is 39.0 Å². The standard InChI is InChI=1S/C18H20N6O2/c1-11-8-14-16(12(2)26-11)22-23-17(14)18(25)19-9-15-20-10-21-24(15)13-6-4-3-5-7-13/h3-7,10-12H,8-9H2,1-2H3,(H,19,25)(H,22,23)/t11-,12+/m1/s1. The van der Waals surface area contributed by atoms with Gasteiger partial charge in [-0.15, -0.1) is 0 Å². The third kappa shape index (κ3) is 2.99. The summed E-state index contributed by atoms with van der Waals surface area (Å²) < 4.78 is 7.47. The summed E-state index contributed by atoms with van der Waals surface area (Å²) in [5, 5.41) is 14.3. The molecule has 2 atom stereocenters. The van der Waals surface area contributed by atoms with Crippen molar-refractivity contribution in [3.05, 3.63) is 59.4 Å². The van der Waals surface area contributed by atoms with Gasteiger partial charge in [0.2, 0.25) is 0 Å². The number of hydrogen-bond acceptors (Lipinski definition) is 5. The number of ether oxygens (including phenoxy) is 1. The Morgan fingerprint density at radius 1 is 1.35 bits per heavy atom. The second-order valence-electron chi connectivity index (χ2n) is 6.36. The molecule has 4 rings (SSSR count). The number of aromatic nitrogens is 5. The number of carbonyl (C=O) groups excluding carboxylic acids is 1. The Labute approximate surface area is 150 Å². The second kappa shape index (κ2) is 6.72. The molecule has 0 saturated carbocycles. The Kier molecular flexibility index (Phi) is 4.26. The fourth-order valence-corrected chi connectivity index (χ4v) is 3.28. The third-order valence-electron chi connectivity index (χ3n) is 4.47. The van der Waals surface area contributed by atoms with Crippen molar-refractivity contribution in [1.29, 1.82) is 0 Å². The molecule has 0 bridgehead atoms. The van der Waals surface area contributed by atoms with Gasteiger partial charge in [-0.25, -0.2) is 9.67 Å². The van der Waals surface area contributed by atoms with Crippen molar-refractivity contribution in [3.63, 3.8) is 0 Å². The van der Waals surface area contributed by atoms with E-state index >= 15 is 0 Å². The molecule has 2 N–H and O–H groups in total. The molecule has 8 heteroatoms. The van der Waals surface area contributed by atoms with E-state index in [0.717, 1.165) is 16.9 Å². The van der Waals surface area contributed by atoms with Crippen LogP contribution in [0, 0.1) is 0 Å². The smallest absolute Gasteiger partial charge is 0.272 e. The van der Waals surface area contributed by atoms with E-state index in [0.29, 0.717) is 17.9 Å². The zero-order valence-corrected chi connectivity index (χ0v) is 14.6. The van der Waals surface area contributed by atoms with Crippen LogP contribution in [0.1, 0.15) is 47.5 Å². The summed E-state index contributed by atoms with van der Waals surface area (Å²) in [6, 6.07) is 9.67. The lowest BCUT2D eigenvalue weighted by molar-refractivity contribution is -0.00697. The number of rotatable bonds is 4. The van der Waals surface area contributed by atoms with E-state index in [4.69, 9.17) is 4.74 Å². The van der Waals surface area contributed by atoms with Crippen molar-refractivity contribution in [2.75, 3.05) is 0 Å². The summed E-state index contributed by atoms with van der Waals surface area (Å²) in [7, 11) is 0. The predicted molar refractivity (Wildman–Crippen MR) is 93.8 cm³/mol. The summed E-state index contributed by atoms with van der Waals surface area (Å²) in [5.41, 5.74) is 3.12. The zero-order valence-electron chi connectivity index (χ0n) is 14.6. The van der Waals surface area contributed by atoms with E-state index in [1.165, 1.54) is 6.33 Å². The molecule has 0 aliphatic carbocycles. The van der Waals surface area contributed by atoms with Crippen molar-refractivity contribution in [3.8, 4) is 5.69 Å². The van der Waals surface area contributed by atoms with Gasteiger partial charge < -0.3 is 10.1 Å². The Morgan fingerprint density at radius 2 is 2.15 bits per heavy atom. The maximum Gasteiger partial charge on any atom is 0.272 e. The van der Waals surface area contributed by atoms with Crippen LogP contribution in [-0.4, -0.2) is 37.0 Å². The van der Waals surface area contributed by atoms with Crippen molar-refractivity contribution < 1.29 is 9.53 Å². The minimum Gasteiger partial charge on any atom is -0.369 e. The Balaban J connectivity index is 1.51. The highest BCUT2D eigenvalue weighted by atomic mass is 16.5. The van der Waals surface area contributed by atoms with Gasteiger partial charge in [0.1, 0.15) is 6.33 Å². The number of carbonyl (C=O) groups is 1. The molecule has 2 aromatic heterocycles. The molecule has 26 heavy (non-hydrogen) atoms. The number of hydrogen-bond donors (Lipinski definition) is 2. The molecule has 1 aromatic carbocycles. The van der Waals surface area contributed by atoms with Crippen LogP contribution < -0.4 is 5.32 Å². The minimum absolute atomic E-state index is 0.0582. The van der Waals surface area contributed by atoms with E-state index in [1.54, 1.807) is 4.68 Å². The van der Waals surface area contributed by atoms with Crippen LogP contribution >= 0.6 is 0 Å². The fourth-order valence-electron chi connectivity index (χ4n) is 3.28. The molecule has 0 spiro atoms. The number of H-pyrrole nitrogens is 1. The first-order valence-corrected chi connectivity index (χ1v) is 8.58. The van der Waals surface area contributed by atoms with Crippen LogP contribution in [0.5, 0.6) is 0 Å². The van der Waals surface area contributed by atoms with Gasteiger partial charge in [-0.05, 0) is 26.0 Å². The number of aromatic amines is 1. The zero-order chi connectivity index (χ0) is 18.1. The van der Waals surface area contributed by atoms with Crippen LogP contribution in [0.15, 0.2) is 36.7 Å². The first kappa shape index (κ1) is 16.5. The monoisotopic (exact) mass is 352 g/mol. The maximum absolute atomic E-state index is 12.6. The van der Waals surface area contributed by atoms with Gasteiger partial charge in [0.15, 0.2) is 11.5 Å². The number of fused-ring (bicyclic) bond motifs is 1. The number of nitrogens with zero attached hydrogens (tertiary/aromatic N) is 4. The largest absolute Gasteiger partial charge is 0.369 e. The average Bonchev–Trinajstić information content (AvgIpc) is 3.27. The van der Waals surface area contributed by atoms with Gasteiger partial charge >= 0.3 is 0 Å². The van der Waals surface area contributed by atoms with Crippen LogP contribution in [0.25, 0.3) is 5.69 Å². The molecule has 0 fully saturated rings. The molecule has 3 aromatic rings. The number of nitrogens with one attached hydrogen (secondary N) is 2. The van der Waals surface area contributed by atoms with Gasteiger partial charge in [-0.1, -0.05) is 18.2 Å². The second-order valence-corrected chi connectivity index (χ2v) is 6.36.